The first-order chi connectivity index (χ1) is 11.5. The second kappa shape index (κ2) is 7.13. The van der Waals surface area contributed by atoms with Gasteiger partial charge in [-0.25, -0.2) is 4.98 Å². The van der Waals surface area contributed by atoms with Gasteiger partial charge in [-0.1, -0.05) is 6.07 Å². The molecule has 0 bridgehead atoms. The quantitative estimate of drug-likeness (QED) is 0.877. The molecule has 1 fully saturated rings. The van der Waals surface area contributed by atoms with Crippen LogP contribution in [0.4, 0.5) is 11.8 Å². The van der Waals surface area contributed by atoms with E-state index in [4.69, 9.17) is 4.74 Å². The zero-order valence-electron chi connectivity index (χ0n) is 14.5. The first-order valence-corrected chi connectivity index (χ1v) is 8.44. The van der Waals surface area contributed by atoms with Crippen LogP contribution in [-0.4, -0.2) is 39.7 Å². The summed E-state index contributed by atoms with van der Waals surface area (Å²) in [6, 6.07) is 7.74. The summed E-state index contributed by atoms with van der Waals surface area (Å²) in [5, 5.41) is 6.72. The Morgan fingerprint density at radius 1 is 1.21 bits per heavy atom. The Balaban J connectivity index is 1.84. The van der Waals surface area contributed by atoms with Crippen molar-refractivity contribution in [1.29, 1.82) is 0 Å². The monoisotopic (exact) mass is 327 g/mol. The minimum Gasteiger partial charge on any atom is -0.376 e. The summed E-state index contributed by atoms with van der Waals surface area (Å²) in [6.45, 7) is 7.87. The van der Waals surface area contributed by atoms with Crippen LogP contribution in [0.3, 0.4) is 0 Å². The highest BCUT2D eigenvalue weighted by Crippen LogP contribution is 2.22. The first kappa shape index (κ1) is 16.6. The predicted molar refractivity (Wildman–Crippen MR) is 96.1 cm³/mol. The third kappa shape index (κ3) is 4.64. The molecule has 1 aliphatic heterocycles. The molecule has 1 atom stereocenters. The van der Waals surface area contributed by atoms with E-state index in [1.807, 2.05) is 24.3 Å². The zero-order chi connectivity index (χ0) is 17.0. The van der Waals surface area contributed by atoms with Crippen molar-refractivity contribution in [2.45, 2.75) is 45.3 Å². The van der Waals surface area contributed by atoms with Crippen LogP contribution in [0.5, 0.6) is 0 Å². The smallest absolute Gasteiger partial charge is 0.225 e. The minimum absolute atomic E-state index is 0.116. The second-order valence-corrected chi connectivity index (χ2v) is 7.07. The van der Waals surface area contributed by atoms with Gasteiger partial charge in [0.2, 0.25) is 5.95 Å². The van der Waals surface area contributed by atoms with Gasteiger partial charge in [-0.2, -0.15) is 4.98 Å². The molecule has 3 rings (SSSR count). The Hall–Kier alpha value is -2.21. The Morgan fingerprint density at radius 2 is 2.08 bits per heavy atom. The lowest BCUT2D eigenvalue weighted by Crippen LogP contribution is -2.28. The summed E-state index contributed by atoms with van der Waals surface area (Å²) in [5.74, 6) is 1.38. The van der Waals surface area contributed by atoms with Crippen LogP contribution in [0, 0.1) is 0 Å². The highest BCUT2D eigenvalue weighted by molar-refractivity contribution is 5.61. The summed E-state index contributed by atoms with van der Waals surface area (Å²) < 4.78 is 5.67. The lowest BCUT2D eigenvalue weighted by Gasteiger charge is -2.21. The number of nitrogens with zero attached hydrogens (tertiary/aromatic N) is 3. The molecule has 128 valence electrons. The van der Waals surface area contributed by atoms with E-state index in [9.17, 15) is 0 Å². The van der Waals surface area contributed by atoms with Crippen LogP contribution in [0.25, 0.3) is 11.4 Å². The normalized spacial score (nSPS) is 17.7. The molecule has 0 aromatic carbocycles. The molecule has 0 aliphatic carbocycles. The Bertz CT molecular complexity index is 663. The minimum atomic E-state index is -0.116. The van der Waals surface area contributed by atoms with Gasteiger partial charge in [0.05, 0.1) is 17.5 Å². The van der Waals surface area contributed by atoms with Crippen LogP contribution in [0.1, 0.15) is 33.6 Å². The number of rotatable bonds is 5. The maximum atomic E-state index is 5.67. The van der Waals surface area contributed by atoms with E-state index in [1.54, 1.807) is 6.20 Å². The van der Waals surface area contributed by atoms with Crippen molar-refractivity contribution in [3.8, 4) is 11.4 Å². The molecular weight excluding hydrogens is 302 g/mol. The molecule has 2 N–H and O–H groups in total. The van der Waals surface area contributed by atoms with E-state index in [2.05, 4.69) is 46.4 Å². The fourth-order valence-corrected chi connectivity index (χ4v) is 2.60. The molecular formula is C18H25N5O. The average Bonchev–Trinajstić information content (AvgIpc) is 3.05. The summed E-state index contributed by atoms with van der Waals surface area (Å²) in [5.41, 5.74) is 1.51. The molecule has 1 aliphatic rings. The van der Waals surface area contributed by atoms with E-state index in [0.29, 0.717) is 5.95 Å². The standard InChI is InChI=1S/C18H25N5O/c1-18(2,3)23-17-21-15(14-8-4-5-9-19-14)11-16(22-17)20-12-13-7-6-10-24-13/h4-5,8-9,11,13H,6-7,10,12H2,1-3H3,(H2,20,21,22,23)/t13-/m0/s1. The van der Waals surface area contributed by atoms with Gasteiger partial charge < -0.3 is 15.4 Å². The van der Waals surface area contributed by atoms with Crippen molar-refractivity contribution < 1.29 is 4.74 Å². The molecule has 0 amide bonds. The van der Waals surface area contributed by atoms with Gasteiger partial charge in [0.1, 0.15) is 5.82 Å². The number of hydrogen-bond acceptors (Lipinski definition) is 6. The van der Waals surface area contributed by atoms with Crippen molar-refractivity contribution in [1.82, 2.24) is 15.0 Å². The predicted octanol–water partition coefficient (Wildman–Crippen LogP) is 3.34. The van der Waals surface area contributed by atoms with Gasteiger partial charge in [-0.3, -0.25) is 4.98 Å². The number of pyridine rings is 1. The van der Waals surface area contributed by atoms with Crippen molar-refractivity contribution >= 4 is 11.8 Å². The number of anilines is 2. The highest BCUT2D eigenvalue weighted by Gasteiger charge is 2.17. The van der Waals surface area contributed by atoms with Gasteiger partial charge >= 0.3 is 0 Å². The lowest BCUT2D eigenvalue weighted by molar-refractivity contribution is 0.120. The summed E-state index contributed by atoms with van der Waals surface area (Å²) in [4.78, 5) is 13.6. The summed E-state index contributed by atoms with van der Waals surface area (Å²) in [7, 11) is 0. The van der Waals surface area contributed by atoms with E-state index in [1.165, 1.54) is 0 Å². The fourth-order valence-electron chi connectivity index (χ4n) is 2.60. The summed E-state index contributed by atoms with van der Waals surface area (Å²) >= 11 is 0. The fraction of sp³-hybridized carbons (Fsp3) is 0.500. The Morgan fingerprint density at radius 3 is 2.75 bits per heavy atom. The van der Waals surface area contributed by atoms with Crippen LogP contribution in [0.2, 0.25) is 0 Å². The van der Waals surface area contributed by atoms with Crippen LogP contribution in [-0.2, 0) is 4.74 Å². The van der Waals surface area contributed by atoms with Crippen molar-refractivity contribution in [2.75, 3.05) is 23.8 Å². The molecule has 2 aromatic rings. The molecule has 6 heteroatoms. The molecule has 0 radical (unpaired) electrons. The number of hydrogen-bond donors (Lipinski definition) is 2. The van der Waals surface area contributed by atoms with E-state index >= 15 is 0 Å². The average molecular weight is 327 g/mol. The molecule has 6 nitrogen and oxygen atoms in total. The molecule has 24 heavy (non-hydrogen) atoms. The number of ether oxygens (including phenoxy) is 1. The molecule has 0 spiro atoms. The van der Waals surface area contributed by atoms with Crippen LogP contribution in [0.15, 0.2) is 30.5 Å². The topological polar surface area (TPSA) is 72.0 Å². The Labute approximate surface area is 143 Å². The lowest BCUT2D eigenvalue weighted by atomic mass is 10.1. The van der Waals surface area contributed by atoms with Gasteiger partial charge in [-0.05, 0) is 45.7 Å². The molecule has 2 aromatic heterocycles. The second-order valence-electron chi connectivity index (χ2n) is 7.07. The molecule has 0 saturated carbocycles. The third-order valence-electron chi connectivity index (χ3n) is 3.68. The molecule has 0 unspecified atom stereocenters. The van der Waals surface area contributed by atoms with E-state index < -0.39 is 0 Å². The molecule has 1 saturated heterocycles. The van der Waals surface area contributed by atoms with Gasteiger partial charge in [0.25, 0.3) is 0 Å². The van der Waals surface area contributed by atoms with Crippen LogP contribution >= 0.6 is 0 Å². The van der Waals surface area contributed by atoms with Crippen molar-refractivity contribution in [3.63, 3.8) is 0 Å². The van der Waals surface area contributed by atoms with E-state index in [0.717, 1.165) is 43.2 Å². The first-order valence-electron chi connectivity index (χ1n) is 8.44. The molecule has 3 heterocycles. The highest BCUT2D eigenvalue weighted by atomic mass is 16.5. The van der Waals surface area contributed by atoms with Gasteiger partial charge in [0, 0.05) is 31.0 Å². The Kier molecular flexibility index (Phi) is 4.94. The van der Waals surface area contributed by atoms with Gasteiger partial charge in [0.15, 0.2) is 0 Å². The summed E-state index contributed by atoms with van der Waals surface area (Å²) in [6.07, 6.45) is 4.26. The number of nitrogens with one attached hydrogen (secondary N) is 2. The van der Waals surface area contributed by atoms with Gasteiger partial charge in [-0.15, -0.1) is 0 Å². The maximum Gasteiger partial charge on any atom is 0.225 e. The largest absolute Gasteiger partial charge is 0.376 e. The van der Waals surface area contributed by atoms with Crippen molar-refractivity contribution in [2.24, 2.45) is 0 Å². The number of aromatic nitrogens is 3. The van der Waals surface area contributed by atoms with E-state index in [-0.39, 0.29) is 11.6 Å². The maximum absolute atomic E-state index is 5.67. The SMILES string of the molecule is CC(C)(C)Nc1nc(NC[C@@H]2CCCO2)cc(-c2ccccn2)n1. The third-order valence-corrected chi connectivity index (χ3v) is 3.68. The zero-order valence-corrected chi connectivity index (χ0v) is 14.5. The van der Waals surface area contributed by atoms with Crippen LogP contribution < -0.4 is 10.6 Å². The van der Waals surface area contributed by atoms with Crippen molar-refractivity contribution in [3.05, 3.63) is 30.5 Å².